The third kappa shape index (κ3) is 12.8. The summed E-state index contributed by atoms with van der Waals surface area (Å²) in [7, 11) is 1.77. The number of halogens is 2. The van der Waals surface area contributed by atoms with E-state index >= 15 is 0 Å². The van der Waals surface area contributed by atoms with Crippen LogP contribution in [-0.4, -0.2) is 44.0 Å². The second kappa shape index (κ2) is 14.2. The van der Waals surface area contributed by atoms with E-state index in [-0.39, 0.29) is 18.9 Å². The van der Waals surface area contributed by atoms with Crippen molar-refractivity contribution in [3.05, 3.63) is 0 Å². The first kappa shape index (κ1) is 25.0. The number of nitrogens with zero attached hydrogens (tertiary/aromatic N) is 1. The van der Waals surface area contributed by atoms with Gasteiger partial charge in [-0.25, -0.2) is 8.78 Å². The lowest BCUT2D eigenvalue weighted by Crippen LogP contribution is -2.46. The number of likely N-dealkylation sites (tertiary alicyclic amines) is 1. The van der Waals surface area contributed by atoms with E-state index in [1.54, 1.807) is 11.9 Å². The van der Waals surface area contributed by atoms with Crippen LogP contribution in [0.1, 0.15) is 67.7 Å². The zero-order valence-electron chi connectivity index (χ0n) is 16.9. The summed E-state index contributed by atoms with van der Waals surface area (Å²) < 4.78 is 26.0. The first-order valence-electron chi connectivity index (χ1n) is 9.57. The van der Waals surface area contributed by atoms with Gasteiger partial charge in [0.1, 0.15) is 0 Å². The van der Waals surface area contributed by atoms with E-state index in [2.05, 4.69) is 12.2 Å². The molecule has 0 aromatic heterocycles. The van der Waals surface area contributed by atoms with E-state index in [9.17, 15) is 8.78 Å². The van der Waals surface area contributed by atoms with Gasteiger partial charge in [0.15, 0.2) is 0 Å². The van der Waals surface area contributed by atoms with E-state index in [1.807, 2.05) is 41.5 Å². The normalized spacial score (nSPS) is 26.7. The summed E-state index contributed by atoms with van der Waals surface area (Å²) in [5.41, 5.74) is 0. The van der Waals surface area contributed by atoms with Crippen molar-refractivity contribution < 1.29 is 8.78 Å². The number of rotatable bonds is 1. The molecule has 23 heavy (non-hydrogen) atoms. The van der Waals surface area contributed by atoms with Crippen molar-refractivity contribution in [1.82, 2.24) is 10.2 Å². The molecule has 142 valence electrons. The van der Waals surface area contributed by atoms with Gasteiger partial charge in [0, 0.05) is 13.0 Å². The molecule has 2 aliphatic heterocycles. The second-order valence-corrected chi connectivity index (χ2v) is 6.71. The van der Waals surface area contributed by atoms with Crippen LogP contribution in [0.15, 0.2) is 0 Å². The lowest BCUT2D eigenvalue weighted by atomic mass is 9.86. The van der Waals surface area contributed by atoms with Crippen molar-refractivity contribution in [2.75, 3.05) is 33.2 Å². The number of hydrogen-bond acceptors (Lipinski definition) is 2. The fraction of sp³-hybridized carbons (Fsp3) is 1.00. The van der Waals surface area contributed by atoms with Gasteiger partial charge in [0.05, 0.1) is 6.54 Å². The maximum absolute atomic E-state index is 13.0. The monoisotopic (exact) mass is 336 g/mol. The maximum Gasteiger partial charge on any atom is 0.260 e. The van der Waals surface area contributed by atoms with Crippen LogP contribution in [0.2, 0.25) is 0 Å². The Morgan fingerprint density at radius 2 is 1.70 bits per heavy atom. The zero-order chi connectivity index (χ0) is 18.5. The van der Waals surface area contributed by atoms with E-state index in [4.69, 9.17) is 0 Å². The summed E-state index contributed by atoms with van der Waals surface area (Å²) in [6, 6.07) is 0. The lowest BCUT2D eigenvalue weighted by Gasteiger charge is -2.37. The number of piperidine rings is 2. The predicted octanol–water partition coefficient (Wildman–Crippen LogP) is 5.29. The number of nitrogens with one attached hydrogen (secondary N) is 1. The molecule has 2 rings (SSSR count). The fourth-order valence-electron chi connectivity index (χ4n) is 2.85. The average Bonchev–Trinajstić information content (AvgIpc) is 2.51. The molecule has 4 heteroatoms. The second-order valence-electron chi connectivity index (χ2n) is 6.71. The third-order valence-electron chi connectivity index (χ3n) is 4.09. The van der Waals surface area contributed by atoms with Crippen LogP contribution in [0.3, 0.4) is 0 Å². The Bertz CT molecular complexity index is 252. The molecule has 0 amide bonds. The van der Waals surface area contributed by atoms with Gasteiger partial charge in [-0.1, -0.05) is 48.5 Å². The molecule has 0 bridgehead atoms. The molecule has 0 radical (unpaired) electrons. The summed E-state index contributed by atoms with van der Waals surface area (Å²) in [6.45, 7) is 17.5. The summed E-state index contributed by atoms with van der Waals surface area (Å²) in [5.74, 6) is -1.03. The van der Waals surface area contributed by atoms with Crippen LogP contribution in [0.4, 0.5) is 8.78 Å². The Balaban J connectivity index is 0. The number of alkyl halides is 2. The van der Waals surface area contributed by atoms with Gasteiger partial charge in [-0.15, -0.1) is 0 Å². The smallest absolute Gasteiger partial charge is 0.260 e. The lowest BCUT2D eigenvalue weighted by molar-refractivity contribution is -0.0850. The SMILES string of the molecule is CC.CC.CC(C)C1CN(C)CC(F)(F)C1.CC1CCCNC1. The quantitative estimate of drug-likeness (QED) is 0.700. The third-order valence-corrected chi connectivity index (χ3v) is 4.09. The number of hydrogen-bond donors (Lipinski definition) is 1. The summed E-state index contributed by atoms with van der Waals surface area (Å²) in [5, 5.41) is 3.33. The molecule has 2 atom stereocenters. The molecule has 0 saturated carbocycles. The zero-order valence-corrected chi connectivity index (χ0v) is 16.9. The molecule has 2 heterocycles. The van der Waals surface area contributed by atoms with Gasteiger partial charge in [0.2, 0.25) is 0 Å². The molecule has 2 nitrogen and oxygen atoms in total. The highest BCUT2D eigenvalue weighted by molar-refractivity contribution is 4.83. The molecule has 2 saturated heterocycles. The highest BCUT2D eigenvalue weighted by Gasteiger charge is 2.39. The van der Waals surface area contributed by atoms with Crippen molar-refractivity contribution in [3.63, 3.8) is 0 Å². The van der Waals surface area contributed by atoms with Gasteiger partial charge in [-0.2, -0.15) is 0 Å². The van der Waals surface area contributed by atoms with Crippen LogP contribution in [0.25, 0.3) is 0 Å². The molecule has 0 aromatic carbocycles. The Morgan fingerprint density at radius 1 is 1.13 bits per heavy atom. The largest absolute Gasteiger partial charge is 0.316 e. The van der Waals surface area contributed by atoms with Crippen LogP contribution >= 0.6 is 0 Å². The predicted molar refractivity (Wildman–Crippen MR) is 99.4 cm³/mol. The molecule has 0 aliphatic carbocycles. The summed E-state index contributed by atoms with van der Waals surface area (Å²) >= 11 is 0. The first-order chi connectivity index (χ1) is 10.8. The Morgan fingerprint density at radius 3 is 2.00 bits per heavy atom. The van der Waals surface area contributed by atoms with Crippen LogP contribution < -0.4 is 5.32 Å². The van der Waals surface area contributed by atoms with Gasteiger partial charge < -0.3 is 10.2 Å². The van der Waals surface area contributed by atoms with E-state index in [0.29, 0.717) is 5.92 Å². The van der Waals surface area contributed by atoms with Gasteiger partial charge in [0.25, 0.3) is 5.92 Å². The van der Waals surface area contributed by atoms with Crippen LogP contribution in [0.5, 0.6) is 0 Å². The van der Waals surface area contributed by atoms with Crippen molar-refractivity contribution >= 4 is 0 Å². The Kier molecular flexibility index (Phi) is 15.4. The van der Waals surface area contributed by atoms with Crippen molar-refractivity contribution in [2.24, 2.45) is 17.8 Å². The topological polar surface area (TPSA) is 15.3 Å². The first-order valence-corrected chi connectivity index (χ1v) is 9.57. The maximum atomic E-state index is 13.0. The Hall–Kier alpha value is -0.220. The molecular weight excluding hydrogens is 294 g/mol. The molecule has 1 N–H and O–H groups in total. The van der Waals surface area contributed by atoms with E-state index < -0.39 is 5.92 Å². The molecule has 2 aliphatic rings. The minimum Gasteiger partial charge on any atom is -0.316 e. The molecule has 0 aromatic rings. The van der Waals surface area contributed by atoms with E-state index in [0.717, 1.165) is 12.5 Å². The van der Waals surface area contributed by atoms with Crippen LogP contribution in [-0.2, 0) is 0 Å². The van der Waals surface area contributed by atoms with Crippen molar-refractivity contribution in [1.29, 1.82) is 0 Å². The Labute approximate surface area is 144 Å². The highest BCUT2D eigenvalue weighted by atomic mass is 19.3. The highest BCUT2D eigenvalue weighted by Crippen LogP contribution is 2.33. The summed E-state index contributed by atoms with van der Waals surface area (Å²) in [6.07, 6.45) is 2.86. The minimum absolute atomic E-state index is 0.0645. The van der Waals surface area contributed by atoms with Crippen molar-refractivity contribution in [3.8, 4) is 0 Å². The molecule has 0 spiro atoms. The summed E-state index contributed by atoms with van der Waals surface area (Å²) in [4.78, 5) is 1.73. The van der Waals surface area contributed by atoms with Gasteiger partial charge in [-0.05, 0) is 50.7 Å². The molecular formula is C19H42F2N2. The average molecular weight is 337 g/mol. The molecule has 2 fully saturated rings. The fourth-order valence-corrected chi connectivity index (χ4v) is 2.85. The van der Waals surface area contributed by atoms with Crippen LogP contribution in [0, 0.1) is 17.8 Å². The van der Waals surface area contributed by atoms with Gasteiger partial charge >= 0.3 is 0 Å². The standard InChI is InChI=1S/C9H17F2N.C6H13N.2C2H6/c1-7(2)8-4-9(10,11)6-12(3)5-8;1-6-3-2-4-7-5-6;2*1-2/h7-8H,4-6H2,1-3H3;6-7H,2-5H2,1H3;2*1-2H3. The van der Waals surface area contributed by atoms with Crippen molar-refractivity contribution in [2.45, 2.75) is 73.7 Å². The molecule has 2 unspecified atom stereocenters. The minimum atomic E-state index is -2.47. The van der Waals surface area contributed by atoms with Gasteiger partial charge in [-0.3, -0.25) is 0 Å². The van der Waals surface area contributed by atoms with E-state index in [1.165, 1.54) is 25.9 Å².